The van der Waals surface area contributed by atoms with E-state index in [0.29, 0.717) is 6.61 Å². The van der Waals surface area contributed by atoms with Gasteiger partial charge in [0, 0.05) is 13.0 Å². The van der Waals surface area contributed by atoms with E-state index in [1.54, 1.807) is 6.92 Å². The summed E-state index contributed by atoms with van der Waals surface area (Å²) in [6.07, 6.45) is 0. The molecule has 0 bridgehead atoms. The number of hydrogen-bond acceptors (Lipinski definition) is 5. The van der Waals surface area contributed by atoms with Gasteiger partial charge in [-0.2, -0.15) is 0 Å². The van der Waals surface area contributed by atoms with E-state index in [2.05, 4.69) is 9.72 Å². The van der Waals surface area contributed by atoms with Crippen molar-refractivity contribution in [2.45, 2.75) is 13.8 Å². The van der Waals surface area contributed by atoms with Gasteiger partial charge in [0.2, 0.25) is 0 Å². The maximum absolute atomic E-state index is 11.7. The minimum atomic E-state index is -1.32. The highest BCUT2D eigenvalue weighted by molar-refractivity contribution is 6.39. The van der Waals surface area contributed by atoms with Crippen molar-refractivity contribution in [1.82, 2.24) is 4.98 Å². The highest BCUT2D eigenvalue weighted by atomic mass is 35.5. The van der Waals surface area contributed by atoms with Gasteiger partial charge in [-0.3, -0.25) is 9.59 Å². The Kier molecular flexibility index (Phi) is 6.41. The number of aromatic hydroxyl groups is 1. The number of benzene rings is 1. The minimum absolute atomic E-state index is 0.00133. The van der Waals surface area contributed by atoms with Crippen molar-refractivity contribution in [3.8, 4) is 5.75 Å². The first-order valence-corrected chi connectivity index (χ1v) is 7.05. The molecular weight excluding hydrogens is 349 g/mol. The highest BCUT2D eigenvalue weighted by Crippen LogP contribution is 2.34. The van der Waals surface area contributed by atoms with Gasteiger partial charge in [-0.1, -0.05) is 23.2 Å². The molecule has 0 aliphatic rings. The standard InChI is InChI=1S/C10H5Cl2NO4.C4H8O2/c11-3-1-4(12)9(15)8-7(3)6(14)2-5(13-8)10(16)17;1-3-6-4(2)5/h1-2,15H,(H,13,14)(H,16,17);3H2,1-2H3. The maximum atomic E-state index is 11.7. The molecule has 0 aliphatic carbocycles. The topological polar surface area (TPSA) is 117 Å². The van der Waals surface area contributed by atoms with Crippen molar-refractivity contribution in [1.29, 1.82) is 0 Å². The average Bonchev–Trinajstić information content (AvgIpc) is 2.44. The first-order chi connectivity index (χ1) is 10.7. The quantitative estimate of drug-likeness (QED) is 0.708. The third-order valence-electron chi connectivity index (χ3n) is 2.56. The molecule has 23 heavy (non-hydrogen) atoms. The zero-order valence-corrected chi connectivity index (χ0v) is 13.7. The van der Waals surface area contributed by atoms with E-state index in [-0.39, 0.29) is 32.6 Å². The molecule has 0 fully saturated rings. The van der Waals surface area contributed by atoms with Crippen LogP contribution in [0.25, 0.3) is 10.9 Å². The number of carboxylic acid groups (broad SMARTS) is 1. The van der Waals surface area contributed by atoms with Crippen molar-refractivity contribution in [3.63, 3.8) is 0 Å². The van der Waals surface area contributed by atoms with Crippen LogP contribution in [0.15, 0.2) is 16.9 Å². The number of esters is 1. The number of rotatable bonds is 2. The Morgan fingerprint density at radius 1 is 1.26 bits per heavy atom. The third-order valence-corrected chi connectivity index (χ3v) is 3.15. The normalized spacial score (nSPS) is 9.91. The fourth-order valence-corrected chi connectivity index (χ4v) is 2.22. The van der Waals surface area contributed by atoms with Crippen molar-refractivity contribution < 1.29 is 24.5 Å². The number of nitrogens with one attached hydrogen (secondary N) is 1. The summed E-state index contributed by atoms with van der Waals surface area (Å²) in [5, 5.41) is 18.4. The van der Waals surface area contributed by atoms with E-state index >= 15 is 0 Å². The molecule has 0 unspecified atom stereocenters. The summed E-state index contributed by atoms with van der Waals surface area (Å²) < 4.78 is 4.40. The average molecular weight is 362 g/mol. The van der Waals surface area contributed by atoms with E-state index < -0.39 is 17.1 Å². The molecule has 7 nitrogen and oxygen atoms in total. The van der Waals surface area contributed by atoms with Gasteiger partial charge < -0.3 is 19.9 Å². The SMILES string of the molecule is CCOC(C)=O.O=C(O)c1cc(=O)c2c(Cl)cc(Cl)c(O)c2[nH]1. The van der Waals surface area contributed by atoms with E-state index in [9.17, 15) is 19.5 Å². The Bertz CT molecular complexity index is 815. The zero-order valence-electron chi connectivity index (χ0n) is 12.1. The third kappa shape index (κ3) is 4.61. The number of phenols is 1. The summed E-state index contributed by atoms with van der Waals surface area (Å²) in [5.74, 6) is -1.94. The Balaban J connectivity index is 0.000000379. The predicted octanol–water partition coefficient (Wildman–Crippen LogP) is 2.81. The summed E-state index contributed by atoms with van der Waals surface area (Å²) >= 11 is 11.5. The molecule has 3 N–H and O–H groups in total. The van der Waals surface area contributed by atoms with Gasteiger partial charge in [0.05, 0.1) is 27.6 Å². The number of ether oxygens (including phenoxy) is 1. The second kappa shape index (κ2) is 7.85. The van der Waals surface area contributed by atoms with E-state index in [1.807, 2.05) is 0 Å². The van der Waals surface area contributed by atoms with Crippen LogP contribution in [0.5, 0.6) is 5.75 Å². The lowest BCUT2D eigenvalue weighted by Gasteiger charge is -2.06. The van der Waals surface area contributed by atoms with Crippen molar-refractivity contribution in [3.05, 3.63) is 38.1 Å². The van der Waals surface area contributed by atoms with Crippen LogP contribution in [0.2, 0.25) is 10.0 Å². The number of aromatic carboxylic acids is 1. The lowest BCUT2D eigenvalue weighted by Crippen LogP contribution is -2.10. The number of carboxylic acids is 1. The smallest absolute Gasteiger partial charge is 0.352 e. The number of H-pyrrole nitrogens is 1. The summed E-state index contributed by atoms with van der Waals surface area (Å²) in [4.78, 5) is 34.6. The molecule has 0 aliphatic heterocycles. The summed E-state index contributed by atoms with van der Waals surface area (Å²) in [5.41, 5.74) is -1.04. The number of fused-ring (bicyclic) bond motifs is 1. The van der Waals surface area contributed by atoms with Gasteiger partial charge in [-0.25, -0.2) is 4.79 Å². The monoisotopic (exact) mass is 361 g/mol. The summed E-state index contributed by atoms with van der Waals surface area (Å²) in [6, 6.07) is 2.11. The Labute approximate surface area is 140 Å². The number of carbonyl (C=O) groups excluding carboxylic acids is 1. The molecule has 0 atom stereocenters. The number of phenolic OH excluding ortho intramolecular Hbond substituents is 1. The van der Waals surface area contributed by atoms with E-state index in [0.717, 1.165) is 6.07 Å². The fraction of sp³-hybridized carbons (Fsp3) is 0.214. The molecule has 0 spiro atoms. The first-order valence-electron chi connectivity index (χ1n) is 6.29. The molecule has 0 radical (unpaired) electrons. The first kappa shape index (κ1) is 18.8. The molecule has 0 saturated heterocycles. The van der Waals surface area contributed by atoms with Crippen LogP contribution in [0.4, 0.5) is 0 Å². The summed E-state index contributed by atoms with van der Waals surface area (Å²) in [7, 11) is 0. The Morgan fingerprint density at radius 3 is 2.30 bits per heavy atom. The van der Waals surface area contributed by atoms with Gasteiger partial charge in [0.25, 0.3) is 0 Å². The van der Waals surface area contributed by atoms with Gasteiger partial charge in [0.15, 0.2) is 11.2 Å². The molecule has 1 aromatic carbocycles. The molecule has 1 aromatic heterocycles. The second-order valence-corrected chi connectivity index (χ2v) is 5.03. The predicted molar refractivity (Wildman–Crippen MR) is 85.5 cm³/mol. The molecule has 2 rings (SSSR count). The van der Waals surface area contributed by atoms with Crippen LogP contribution in [0.1, 0.15) is 24.3 Å². The van der Waals surface area contributed by atoms with Crippen LogP contribution >= 0.6 is 23.2 Å². The Hall–Kier alpha value is -2.25. The van der Waals surface area contributed by atoms with Gasteiger partial charge >= 0.3 is 11.9 Å². The van der Waals surface area contributed by atoms with Crippen molar-refractivity contribution in [2.75, 3.05) is 6.61 Å². The molecule has 9 heteroatoms. The van der Waals surface area contributed by atoms with Crippen LogP contribution < -0.4 is 5.43 Å². The maximum Gasteiger partial charge on any atom is 0.352 e. The number of aromatic nitrogens is 1. The van der Waals surface area contributed by atoms with Gasteiger partial charge in [-0.15, -0.1) is 0 Å². The van der Waals surface area contributed by atoms with Crippen LogP contribution in [0.3, 0.4) is 0 Å². The van der Waals surface area contributed by atoms with E-state index in [4.69, 9.17) is 28.3 Å². The Morgan fingerprint density at radius 2 is 1.87 bits per heavy atom. The lowest BCUT2D eigenvalue weighted by atomic mass is 10.1. The van der Waals surface area contributed by atoms with Crippen LogP contribution in [-0.4, -0.2) is 33.7 Å². The molecule has 0 saturated carbocycles. The molecule has 124 valence electrons. The van der Waals surface area contributed by atoms with Crippen LogP contribution in [0, 0.1) is 0 Å². The number of hydrogen-bond donors (Lipinski definition) is 3. The molecule has 2 aromatic rings. The van der Waals surface area contributed by atoms with Crippen molar-refractivity contribution >= 4 is 46.0 Å². The van der Waals surface area contributed by atoms with Gasteiger partial charge in [-0.05, 0) is 13.0 Å². The lowest BCUT2D eigenvalue weighted by molar-refractivity contribution is -0.140. The molecule has 0 amide bonds. The van der Waals surface area contributed by atoms with Crippen molar-refractivity contribution in [2.24, 2.45) is 0 Å². The number of halogens is 2. The van der Waals surface area contributed by atoms with Crippen LogP contribution in [-0.2, 0) is 9.53 Å². The summed E-state index contributed by atoms with van der Waals surface area (Å²) in [6.45, 7) is 3.65. The fourth-order valence-electron chi connectivity index (χ4n) is 1.66. The number of carbonyl (C=O) groups is 2. The minimum Gasteiger partial charge on any atom is -0.504 e. The number of pyridine rings is 1. The molecule has 1 heterocycles. The molecular formula is C14H13Cl2NO6. The zero-order chi connectivity index (χ0) is 17.7. The largest absolute Gasteiger partial charge is 0.504 e. The van der Waals surface area contributed by atoms with E-state index in [1.165, 1.54) is 13.0 Å². The number of aromatic amines is 1. The highest BCUT2D eigenvalue weighted by Gasteiger charge is 2.15. The van der Waals surface area contributed by atoms with Gasteiger partial charge in [0.1, 0.15) is 5.69 Å². The second-order valence-electron chi connectivity index (χ2n) is 4.22.